The molecule has 0 bridgehead atoms. The molecular formula is C26H23F3N6O3. The number of nitrogens with zero attached hydrogens (tertiary/aromatic N) is 3. The Labute approximate surface area is 215 Å². The van der Waals surface area contributed by atoms with Crippen LogP contribution in [0.1, 0.15) is 15.9 Å². The first-order valence-electron chi connectivity index (χ1n) is 11.2. The number of anilines is 2. The first-order chi connectivity index (χ1) is 18.0. The number of nitrogens with two attached hydrogens (primary N) is 1. The van der Waals surface area contributed by atoms with Crippen molar-refractivity contribution in [1.29, 1.82) is 0 Å². The molecule has 2 heterocycles. The average molecular weight is 525 g/mol. The van der Waals surface area contributed by atoms with Crippen molar-refractivity contribution in [2.45, 2.75) is 13.1 Å². The van der Waals surface area contributed by atoms with Crippen molar-refractivity contribution in [3.8, 4) is 22.7 Å². The summed E-state index contributed by atoms with van der Waals surface area (Å²) < 4.78 is 44.9. The molecule has 196 valence electrons. The second-order valence-electron chi connectivity index (χ2n) is 8.22. The number of hydrogen-bond acceptors (Lipinski definition) is 6. The summed E-state index contributed by atoms with van der Waals surface area (Å²) in [4.78, 5) is 32.6. The van der Waals surface area contributed by atoms with Crippen molar-refractivity contribution in [1.82, 2.24) is 19.9 Å². The molecule has 0 fully saturated rings. The lowest BCUT2D eigenvalue weighted by molar-refractivity contribution is -0.123. The third-order valence-electron chi connectivity index (χ3n) is 5.76. The van der Waals surface area contributed by atoms with E-state index >= 15 is 0 Å². The van der Waals surface area contributed by atoms with E-state index in [1.54, 1.807) is 34.9 Å². The van der Waals surface area contributed by atoms with Gasteiger partial charge in [-0.25, -0.2) is 9.97 Å². The van der Waals surface area contributed by atoms with Crippen molar-refractivity contribution >= 4 is 34.4 Å². The third-order valence-corrected chi connectivity index (χ3v) is 5.76. The quantitative estimate of drug-likeness (QED) is 0.308. The first kappa shape index (κ1) is 26.2. The largest absolute Gasteiger partial charge is 0.496 e. The van der Waals surface area contributed by atoms with Gasteiger partial charge in [-0.05, 0) is 42.8 Å². The summed E-state index contributed by atoms with van der Waals surface area (Å²) in [5.41, 5.74) is 10.6. The van der Waals surface area contributed by atoms with E-state index in [9.17, 15) is 22.8 Å². The molecule has 0 saturated carbocycles. The third kappa shape index (κ3) is 5.14. The summed E-state index contributed by atoms with van der Waals surface area (Å²) in [5.74, 6) is -1.02. The number of methoxy groups -OCH3 is 1. The van der Waals surface area contributed by atoms with Gasteiger partial charge >= 0.3 is 6.18 Å². The van der Waals surface area contributed by atoms with Crippen LogP contribution in [0, 0.1) is 6.92 Å². The topological polar surface area (TPSA) is 124 Å². The van der Waals surface area contributed by atoms with Gasteiger partial charge in [-0.2, -0.15) is 13.2 Å². The van der Waals surface area contributed by atoms with E-state index in [2.05, 4.69) is 21.9 Å². The lowest BCUT2D eigenvalue weighted by atomic mass is 10.1. The van der Waals surface area contributed by atoms with Crippen molar-refractivity contribution in [2.24, 2.45) is 0 Å². The highest BCUT2D eigenvalue weighted by atomic mass is 19.4. The minimum absolute atomic E-state index is 0.0607. The van der Waals surface area contributed by atoms with Crippen molar-refractivity contribution in [3.63, 3.8) is 0 Å². The van der Waals surface area contributed by atoms with E-state index in [0.29, 0.717) is 28.1 Å². The van der Waals surface area contributed by atoms with Crippen molar-refractivity contribution in [2.75, 3.05) is 24.7 Å². The van der Waals surface area contributed by atoms with E-state index < -0.39 is 18.6 Å². The van der Waals surface area contributed by atoms with Gasteiger partial charge in [0.25, 0.3) is 5.91 Å². The van der Waals surface area contributed by atoms with Gasteiger partial charge in [0.05, 0.1) is 29.6 Å². The number of carbonyl (C=O) groups excluding carboxylic acids is 2. The number of ether oxygens (including phenoxy) is 1. The lowest BCUT2D eigenvalue weighted by Crippen LogP contribution is -2.33. The number of halogens is 3. The fourth-order valence-electron chi connectivity index (χ4n) is 4.07. The molecule has 2 amide bonds. The summed E-state index contributed by atoms with van der Waals surface area (Å²) in [6.07, 6.45) is -2.04. The number of alkyl halides is 3. The van der Waals surface area contributed by atoms with Gasteiger partial charge in [0.2, 0.25) is 5.91 Å². The molecule has 4 rings (SSSR count). The fourth-order valence-corrected chi connectivity index (χ4v) is 4.07. The maximum Gasteiger partial charge on any atom is 0.405 e. The zero-order valence-electron chi connectivity index (χ0n) is 20.4. The number of rotatable bonds is 7. The molecule has 4 N–H and O–H groups in total. The number of aromatic nitrogens is 3. The van der Waals surface area contributed by atoms with Crippen LogP contribution in [0.25, 0.3) is 28.0 Å². The van der Waals surface area contributed by atoms with Crippen LogP contribution in [-0.2, 0) is 4.79 Å². The maximum atomic E-state index is 12.6. The molecule has 0 radical (unpaired) electrons. The summed E-state index contributed by atoms with van der Waals surface area (Å²) in [6.45, 7) is 3.83. The number of benzene rings is 2. The van der Waals surface area contributed by atoms with Crippen molar-refractivity contribution in [3.05, 3.63) is 72.6 Å². The first-order valence-corrected chi connectivity index (χ1v) is 11.2. The summed E-state index contributed by atoms with van der Waals surface area (Å²) in [6, 6.07) is 11.5. The molecule has 0 spiro atoms. The highest BCUT2D eigenvalue weighted by Crippen LogP contribution is 2.38. The predicted molar refractivity (Wildman–Crippen MR) is 137 cm³/mol. The number of fused-ring (bicyclic) bond motifs is 1. The number of amides is 2. The fraction of sp³-hybridized carbons (Fsp3) is 0.154. The smallest absolute Gasteiger partial charge is 0.405 e. The van der Waals surface area contributed by atoms with E-state index in [4.69, 9.17) is 10.5 Å². The number of aryl methyl sites for hydroxylation is 1. The van der Waals surface area contributed by atoms with Crippen LogP contribution in [0.2, 0.25) is 0 Å². The summed E-state index contributed by atoms with van der Waals surface area (Å²) >= 11 is 0. The van der Waals surface area contributed by atoms with Crippen LogP contribution < -0.4 is 21.1 Å². The van der Waals surface area contributed by atoms with E-state index in [-0.39, 0.29) is 23.0 Å². The molecule has 9 nitrogen and oxygen atoms in total. The Morgan fingerprint density at radius 2 is 1.87 bits per heavy atom. The number of nitrogens with one attached hydrogen (secondary N) is 2. The molecule has 0 aliphatic rings. The number of hydrogen-bond donors (Lipinski definition) is 3. The zero-order chi connectivity index (χ0) is 27.6. The van der Waals surface area contributed by atoms with Crippen LogP contribution in [-0.4, -0.2) is 46.2 Å². The Morgan fingerprint density at radius 1 is 1.16 bits per heavy atom. The Bertz CT molecular complexity index is 1540. The predicted octanol–water partition coefficient (Wildman–Crippen LogP) is 4.40. The molecule has 2 aromatic carbocycles. The van der Waals surface area contributed by atoms with Crippen molar-refractivity contribution < 1.29 is 27.5 Å². The Balaban J connectivity index is 1.86. The van der Waals surface area contributed by atoms with Gasteiger partial charge in [0.1, 0.15) is 24.1 Å². The monoisotopic (exact) mass is 524 g/mol. The van der Waals surface area contributed by atoms with Gasteiger partial charge in [0, 0.05) is 17.3 Å². The molecule has 12 heteroatoms. The van der Waals surface area contributed by atoms with E-state index in [0.717, 1.165) is 17.2 Å². The van der Waals surface area contributed by atoms with Crippen LogP contribution in [0.5, 0.6) is 5.75 Å². The molecule has 2 aromatic heterocycles. The van der Waals surface area contributed by atoms with E-state index in [1.165, 1.54) is 25.6 Å². The SMILES string of the molecule is C=CC(=O)Nc1ccc(-c2c(C)c3ncnc(N)c3n2-c2ccc(C(=O)NCC(F)(F)F)c(OC)c2)cc1. The standard InChI is InChI=1S/C26H23F3N6O3/c1-4-20(36)34-16-7-5-15(6-8-16)22-14(2)21-23(24(30)33-13-32-21)35(22)17-9-10-18(19(11-17)38-3)25(37)31-12-26(27,28)29/h4-11,13H,1,12H2,2-3H3,(H,31,37)(H,34,36)(H2,30,32,33). The van der Waals surface area contributed by atoms with Crippen LogP contribution >= 0.6 is 0 Å². The lowest BCUT2D eigenvalue weighted by Gasteiger charge is -2.16. The van der Waals surface area contributed by atoms with Crippen LogP contribution in [0.3, 0.4) is 0 Å². The molecule has 0 saturated heterocycles. The molecule has 0 atom stereocenters. The van der Waals surface area contributed by atoms with Gasteiger partial charge in [-0.3, -0.25) is 9.59 Å². The second-order valence-corrected chi connectivity index (χ2v) is 8.22. The summed E-state index contributed by atoms with van der Waals surface area (Å²) in [7, 11) is 1.31. The van der Waals surface area contributed by atoms with E-state index in [1.807, 2.05) is 12.2 Å². The normalized spacial score (nSPS) is 11.3. The summed E-state index contributed by atoms with van der Waals surface area (Å²) in [5, 5.41) is 4.54. The average Bonchev–Trinajstić information content (AvgIpc) is 3.20. The molecule has 4 aromatic rings. The highest BCUT2D eigenvalue weighted by Gasteiger charge is 2.29. The van der Waals surface area contributed by atoms with Gasteiger partial charge in [-0.15, -0.1) is 0 Å². The Kier molecular flexibility index (Phi) is 7.06. The minimum Gasteiger partial charge on any atom is -0.496 e. The second kappa shape index (κ2) is 10.2. The van der Waals surface area contributed by atoms with Crippen LogP contribution in [0.15, 0.2) is 61.4 Å². The molecular weight excluding hydrogens is 501 g/mol. The number of nitrogen functional groups attached to an aromatic ring is 1. The zero-order valence-corrected chi connectivity index (χ0v) is 20.4. The minimum atomic E-state index is -4.55. The highest BCUT2D eigenvalue weighted by molar-refractivity contribution is 6.00. The molecule has 0 aliphatic heterocycles. The van der Waals surface area contributed by atoms with Gasteiger partial charge in [0.15, 0.2) is 5.82 Å². The van der Waals surface area contributed by atoms with Gasteiger partial charge < -0.3 is 25.7 Å². The Morgan fingerprint density at radius 3 is 2.50 bits per heavy atom. The molecule has 0 aliphatic carbocycles. The molecule has 38 heavy (non-hydrogen) atoms. The maximum absolute atomic E-state index is 12.6. The Hall–Kier alpha value is -4.87. The van der Waals surface area contributed by atoms with Crippen LogP contribution in [0.4, 0.5) is 24.7 Å². The number of carbonyl (C=O) groups is 2. The molecule has 0 unspecified atom stereocenters. The van der Waals surface area contributed by atoms with Gasteiger partial charge in [-0.1, -0.05) is 18.7 Å².